The lowest BCUT2D eigenvalue weighted by Crippen LogP contribution is -2.34. The molecule has 0 aliphatic heterocycles. The Morgan fingerprint density at radius 2 is 1.79 bits per heavy atom. The Balaban J connectivity index is 1.69. The maximum atomic E-state index is 5.39. The summed E-state index contributed by atoms with van der Waals surface area (Å²) < 4.78 is 10.7. The van der Waals surface area contributed by atoms with Crippen molar-refractivity contribution in [2.75, 3.05) is 20.8 Å². The molecule has 1 heterocycles. The van der Waals surface area contributed by atoms with Crippen LogP contribution >= 0.6 is 23.6 Å². The largest absolute Gasteiger partial charge is 0.493 e. The summed E-state index contributed by atoms with van der Waals surface area (Å²) in [4.78, 5) is 4.79. The topological polar surface area (TPSA) is 55.4 Å². The quantitative estimate of drug-likeness (QED) is 0.405. The van der Waals surface area contributed by atoms with Crippen molar-refractivity contribution in [2.45, 2.75) is 6.54 Å². The molecule has 0 atom stereocenters. The third-order valence-electron chi connectivity index (χ3n) is 4.24. The second-order valence-corrected chi connectivity index (χ2v) is 7.42. The highest BCUT2D eigenvalue weighted by molar-refractivity contribution is 7.80. The highest BCUT2D eigenvalue weighted by Gasteiger charge is 2.10. The van der Waals surface area contributed by atoms with Gasteiger partial charge in [0.2, 0.25) is 0 Å². The van der Waals surface area contributed by atoms with Crippen LogP contribution in [0.25, 0.3) is 21.8 Å². The lowest BCUT2D eigenvalue weighted by molar-refractivity contribution is 0.355. The van der Waals surface area contributed by atoms with E-state index in [0.29, 0.717) is 29.7 Å². The zero-order valence-electron chi connectivity index (χ0n) is 16.4. The van der Waals surface area contributed by atoms with Gasteiger partial charge in [0.25, 0.3) is 0 Å². The second kappa shape index (κ2) is 10.0. The molecule has 0 fully saturated rings. The average molecular weight is 426 g/mol. The number of hydrogen-bond donors (Lipinski definition) is 2. The second-order valence-electron chi connectivity index (χ2n) is 6.16. The molecule has 0 saturated carbocycles. The Labute approximate surface area is 180 Å². The molecule has 0 bridgehead atoms. The van der Waals surface area contributed by atoms with Crippen molar-refractivity contribution in [1.82, 2.24) is 15.6 Å². The predicted molar refractivity (Wildman–Crippen MR) is 124 cm³/mol. The van der Waals surface area contributed by atoms with Crippen molar-refractivity contribution < 1.29 is 9.47 Å². The van der Waals surface area contributed by atoms with Crippen LogP contribution in [0.3, 0.4) is 0 Å². The minimum Gasteiger partial charge on any atom is -0.493 e. The molecular weight excluding hydrogens is 402 g/mol. The van der Waals surface area contributed by atoms with Gasteiger partial charge in [-0.3, -0.25) is 0 Å². The molecule has 3 aromatic rings. The van der Waals surface area contributed by atoms with Gasteiger partial charge in [0, 0.05) is 29.6 Å². The first-order chi connectivity index (χ1) is 14.1. The Hall–Kier alpha value is -2.90. The van der Waals surface area contributed by atoms with Crippen LogP contribution < -0.4 is 20.1 Å². The van der Waals surface area contributed by atoms with E-state index in [1.165, 1.54) is 0 Å². The molecule has 2 aromatic carbocycles. The van der Waals surface area contributed by atoms with Crippen molar-refractivity contribution in [2.24, 2.45) is 0 Å². The first-order valence-corrected chi connectivity index (χ1v) is 10.3. The molecule has 1 aromatic heterocycles. The SMILES string of the molecule is C=CCNC(=S)NCc1ccc(-c2nc(-c3ccc(OC)c(OC)c3)cs2)cc1. The fourth-order valence-electron chi connectivity index (χ4n) is 2.71. The number of thiazole rings is 1. The zero-order chi connectivity index (χ0) is 20.6. The van der Waals surface area contributed by atoms with E-state index in [4.69, 9.17) is 26.7 Å². The first kappa shape index (κ1) is 20.8. The van der Waals surface area contributed by atoms with E-state index >= 15 is 0 Å². The number of nitrogens with zero attached hydrogens (tertiary/aromatic N) is 1. The number of benzene rings is 2. The van der Waals surface area contributed by atoms with Crippen LogP contribution in [-0.2, 0) is 6.54 Å². The van der Waals surface area contributed by atoms with Crippen molar-refractivity contribution in [3.8, 4) is 33.3 Å². The van der Waals surface area contributed by atoms with E-state index in [-0.39, 0.29) is 0 Å². The maximum Gasteiger partial charge on any atom is 0.166 e. The van der Waals surface area contributed by atoms with E-state index in [1.807, 2.05) is 18.2 Å². The standard InChI is InChI=1S/C22H23N3O2S2/c1-4-11-23-22(28)24-13-15-5-7-16(8-6-15)21-25-18(14-29-21)17-9-10-19(26-2)20(12-17)27-3/h4-10,12,14H,1,11,13H2,2-3H3,(H2,23,24,28). The van der Waals surface area contributed by atoms with Gasteiger partial charge in [-0.15, -0.1) is 17.9 Å². The van der Waals surface area contributed by atoms with E-state index < -0.39 is 0 Å². The average Bonchev–Trinajstić information content (AvgIpc) is 3.26. The number of hydrogen-bond acceptors (Lipinski definition) is 5. The molecular formula is C22H23N3O2S2. The van der Waals surface area contributed by atoms with Crippen molar-refractivity contribution in [3.63, 3.8) is 0 Å². The summed E-state index contributed by atoms with van der Waals surface area (Å²) in [6.07, 6.45) is 1.77. The minimum absolute atomic E-state index is 0.619. The van der Waals surface area contributed by atoms with E-state index in [9.17, 15) is 0 Å². The first-order valence-electron chi connectivity index (χ1n) is 9.04. The Kier molecular flexibility index (Phi) is 7.21. The highest BCUT2D eigenvalue weighted by atomic mass is 32.1. The predicted octanol–water partition coefficient (Wildman–Crippen LogP) is 4.64. The molecule has 0 aliphatic rings. The zero-order valence-corrected chi connectivity index (χ0v) is 18.0. The summed E-state index contributed by atoms with van der Waals surface area (Å²) in [6, 6.07) is 14.1. The number of thiocarbonyl (C=S) groups is 1. The van der Waals surface area contributed by atoms with Crippen LogP contribution in [0.15, 0.2) is 60.5 Å². The molecule has 0 spiro atoms. The van der Waals surface area contributed by atoms with Gasteiger partial charge in [-0.25, -0.2) is 4.98 Å². The van der Waals surface area contributed by atoms with Gasteiger partial charge >= 0.3 is 0 Å². The Morgan fingerprint density at radius 1 is 1.07 bits per heavy atom. The van der Waals surface area contributed by atoms with Crippen molar-refractivity contribution in [1.29, 1.82) is 0 Å². The molecule has 0 aliphatic carbocycles. The molecule has 0 amide bonds. The van der Waals surface area contributed by atoms with Crippen LogP contribution in [0.5, 0.6) is 11.5 Å². The van der Waals surface area contributed by atoms with E-state index in [1.54, 1.807) is 31.6 Å². The van der Waals surface area contributed by atoms with Gasteiger partial charge in [-0.1, -0.05) is 30.3 Å². The van der Waals surface area contributed by atoms with Crippen molar-refractivity contribution >= 4 is 28.7 Å². The van der Waals surface area contributed by atoms with Gasteiger partial charge in [0.1, 0.15) is 5.01 Å². The summed E-state index contributed by atoms with van der Waals surface area (Å²) in [5.41, 5.74) is 4.13. The van der Waals surface area contributed by atoms with Crippen LogP contribution in [-0.4, -0.2) is 30.9 Å². The number of ether oxygens (including phenoxy) is 2. The monoisotopic (exact) mass is 425 g/mol. The summed E-state index contributed by atoms with van der Waals surface area (Å²) in [5.74, 6) is 1.40. The maximum absolute atomic E-state index is 5.39. The molecule has 3 rings (SSSR count). The van der Waals surface area contributed by atoms with Crippen LogP contribution in [0.4, 0.5) is 0 Å². The molecule has 2 N–H and O–H groups in total. The number of rotatable bonds is 8. The summed E-state index contributed by atoms with van der Waals surface area (Å²) >= 11 is 6.82. The third kappa shape index (κ3) is 5.34. The van der Waals surface area contributed by atoms with Crippen LogP contribution in [0.1, 0.15) is 5.56 Å². The minimum atomic E-state index is 0.619. The molecule has 0 radical (unpaired) electrons. The van der Waals surface area contributed by atoms with Gasteiger partial charge in [-0.2, -0.15) is 0 Å². The number of aromatic nitrogens is 1. The van der Waals surface area contributed by atoms with Crippen LogP contribution in [0.2, 0.25) is 0 Å². The lowest BCUT2D eigenvalue weighted by Gasteiger charge is -2.09. The van der Waals surface area contributed by atoms with Crippen LogP contribution in [0, 0.1) is 0 Å². The Bertz CT molecular complexity index is 984. The fraction of sp³-hybridized carbons (Fsp3) is 0.182. The van der Waals surface area contributed by atoms with Crippen molar-refractivity contribution in [3.05, 3.63) is 66.1 Å². The Morgan fingerprint density at radius 3 is 2.48 bits per heavy atom. The summed E-state index contributed by atoms with van der Waals surface area (Å²) in [5, 5.41) is 9.87. The number of nitrogens with one attached hydrogen (secondary N) is 2. The van der Waals surface area contributed by atoms with Gasteiger partial charge in [0.15, 0.2) is 16.6 Å². The van der Waals surface area contributed by atoms with Gasteiger partial charge in [0.05, 0.1) is 19.9 Å². The molecule has 5 nitrogen and oxygen atoms in total. The normalized spacial score (nSPS) is 10.3. The molecule has 7 heteroatoms. The van der Waals surface area contributed by atoms with E-state index in [2.05, 4.69) is 46.9 Å². The summed E-state index contributed by atoms with van der Waals surface area (Å²) in [7, 11) is 3.26. The molecule has 0 saturated heterocycles. The fourth-order valence-corrected chi connectivity index (χ4v) is 3.70. The lowest BCUT2D eigenvalue weighted by atomic mass is 10.1. The molecule has 150 valence electrons. The smallest absolute Gasteiger partial charge is 0.166 e. The van der Waals surface area contributed by atoms with Gasteiger partial charge < -0.3 is 20.1 Å². The van der Waals surface area contributed by atoms with E-state index in [0.717, 1.165) is 27.4 Å². The van der Waals surface area contributed by atoms with Gasteiger partial charge in [-0.05, 0) is 36.0 Å². The molecule has 0 unspecified atom stereocenters. The summed E-state index contributed by atoms with van der Waals surface area (Å²) in [6.45, 7) is 4.97. The number of methoxy groups -OCH3 is 2. The third-order valence-corrected chi connectivity index (χ3v) is 5.42. The highest BCUT2D eigenvalue weighted by Crippen LogP contribution is 2.34. The molecule has 29 heavy (non-hydrogen) atoms.